The quantitative estimate of drug-likeness (QED) is 0.334. The van der Waals surface area contributed by atoms with Gasteiger partial charge in [0.15, 0.2) is 29.6 Å². The van der Waals surface area contributed by atoms with Gasteiger partial charge >= 0.3 is 11.9 Å². The molecule has 0 spiro atoms. The van der Waals surface area contributed by atoms with Crippen LogP contribution in [0.3, 0.4) is 0 Å². The van der Waals surface area contributed by atoms with Gasteiger partial charge in [-0.15, -0.1) is 0 Å². The number of rotatable bonds is 6. The highest BCUT2D eigenvalue weighted by molar-refractivity contribution is 5.92. The van der Waals surface area contributed by atoms with Crippen LogP contribution >= 0.6 is 0 Å². The molecule has 0 aromatic carbocycles. The summed E-state index contributed by atoms with van der Waals surface area (Å²) >= 11 is 0. The average Bonchev–Trinajstić information content (AvgIpc) is 3.22. The Morgan fingerprint density at radius 3 is 2.33 bits per heavy atom. The van der Waals surface area contributed by atoms with E-state index < -0.39 is 77.9 Å². The van der Waals surface area contributed by atoms with E-state index in [-0.39, 0.29) is 36.1 Å². The van der Waals surface area contributed by atoms with Crippen LogP contribution in [-0.4, -0.2) is 93.0 Å². The Morgan fingerprint density at radius 2 is 1.65 bits per heavy atom. The fourth-order valence-electron chi connectivity index (χ4n) is 8.86. The van der Waals surface area contributed by atoms with Crippen LogP contribution < -0.4 is 0 Å². The van der Waals surface area contributed by atoms with Crippen molar-refractivity contribution in [3.05, 3.63) is 0 Å². The van der Waals surface area contributed by atoms with Gasteiger partial charge in [-0.1, -0.05) is 6.92 Å². The zero-order chi connectivity index (χ0) is 29.1. The van der Waals surface area contributed by atoms with E-state index in [4.69, 9.17) is 14.2 Å². The van der Waals surface area contributed by atoms with Crippen LogP contribution in [-0.2, 0) is 33.4 Å². The number of carbonyl (C=O) groups is 4. The number of aliphatic hydroxyl groups is 3. The predicted octanol–water partition coefficient (Wildman–Crippen LogP) is 0.936. The normalized spacial score (nSPS) is 48.5. The lowest BCUT2D eigenvalue weighted by atomic mass is 9.47. The number of fused-ring (bicyclic) bond motifs is 5. The van der Waals surface area contributed by atoms with E-state index in [0.29, 0.717) is 38.5 Å². The minimum absolute atomic E-state index is 0.0368. The number of carboxylic acids is 1. The highest BCUT2D eigenvalue weighted by Gasteiger charge is 2.68. The minimum Gasteiger partial charge on any atom is -0.479 e. The number of carboxylic acid groups (broad SMARTS) is 1. The molecule has 4 saturated carbocycles. The molecule has 1 aliphatic heterocycles. The molecule has 40 heavy (non-hydrogen) atoms. The molecule has 11 nitrogen and oxygen atoms in total. The minimum atomic E-state index is -1.97. The van der Waals surface area contributed by atoms with E-state index >= 15 is 4.39 Å². The van der Waals surface area contributed by atoms with Crippen molar-refractivity contribution in [1.29, 1.82) is 0 Å². The van der Waals surface area contributed by atoms with E-state index in [9.17, 15) is 39.6 Å². The summed E-state index contributed by atoms with van der Waals surface area (Å²) in [7, 11) is 0. The lowest BCUT2D eigenvalue weighted by Gasteiger charge is -2.57. The number of ether oxygens (including phenoxy) is 3. The van der Waals surface area contributed by atoms with Gasteiger partial charge in [-0.3, -0.25) is 14.4 Å². The molecule has 0 aromatic rings. The molecular formula is C28H39FO11. The number of alkyl halides is 1. The van der Waals surface area contributed by atoms with Crippen molar-refractivity contribution in [2.45, 2.75) is 108 Å². The van der Waals surface area contributed by atoms with Gasteiger partial charge in [0, 0.05) is 31.1 Å². The molecule has 5 rings (SSSR count). The fourth-order valence-corrected chi connectivity index (χ4v) is 8.86. The van der Waals surface area contributed by atoms with Crippen molar-refractivity contribution in [3.8, 4) is 0 Å². The molecule has 12 heteroatoms. The Bertz CT molecular complexity index is 1050. The van der Waals surface area contributed by atoms with Crippen molar-refractivity contribution < 1.29 is 58.2 Å². The average molecular weight is 571 g/mol. The Balaban J connectivity index is 1.27. The Hall–Kier alpha value is -1.99. The summed E-state index contributed by atoms with van der Waals surface area (Å²) in [5, 5.41) is 39.3. The summed E-state index contributed by atoms with van der Waals surface area (Å²) in [4.78, 5) is 49.8. The SMILES string of the molecule is CC(=O)O[C@H]1CC[C@H]2[C@@H](CC[C@H]3[C@@H]4CC[C@H](C(=O)COC5O[C@H](C(=O)O)[C@@H](O)[C@H](O)[C@H]5O)[C@@]4(C)CC(=O)[C@]23F)C1. The first-order valence-electron chi connectivity index (χ1n) is 14.2. The Kier molecular flexibility index (Phi) is 7.88. The number of aliphatic carboxylic acids is 1. The molecule has 0 amide bonds. The van der Waals surface area contributed by atoms with Gasteiger partial charge in [0.05, 0.1) is 0 Å². The van der Waals surface area contributed by atoms with Crippen molar-refractivity contribution in [2.24, 2.45) is 35.0 Å². The second kappa shape index (κ2) is 10.7. The van der Waals surface area contributed by atoms with Crippen molar-refractivity contribution in [1.82, 2.24) is 0 Å². The van der Waals surface area contributed by atoms with Gasteiger partial charge in [0.25, 0.3) is 0 Å². The van der Waals surface area contributed by atoms with Crippen molar-refractivity contribution >= 4 is 23.5 Å². The zero-order valence-corrected chi connectivity index (χ0v) is 22.7. The molecular weight excluding hydrogens is 531 g/mol. The number of carbonyl (C=O) groups excluding carboxylic acids is 3. The maximum Gasteiger partial charge on any atom is 0.335 e. The van der Waals surface area contributed by atoms with Crippen LogP contribution in [0.5, 0.6) is 0 Å². The third kappa shape index (κ3) is 4.69. The Labute approximate surface area is 231 Å². The smallest absolute Gasteiger partial charge is 0.335 e. The van der Waals surface area contributed by atoms with Crippen molar-refractivity contribution in [3.63, 3.8) is 0 Å². The lowest BCUT2D eigenvalue weighted by molar-refractivity contribution is -0.292. The molecule has 5 aliphatic rings. The van der Waals surface area contributed by atoms with E-state index in [0.717, 1.165) is 6.42 Å². The zero-order valence-electron chi connectivity index (χ0n) is 22.7. The number of halogens is 1. The second-order valence-corrected chi connectivity index (χ2v) is 12.7. The lowest BCUT2D eigenvalue weighted by Crippen LogP contribution is -2.63. The highest BCUT2D eigenvalue weighted by atomic mass is 19.1. The summed E-state index contributed by atoms with van der Waals surface area (Å²) in [6.45, 7) is 2.66. The van der Waals surface area contributed by atoms with Gasteiger partial charge in [-0.2, -0.15) is 0 Å². The van der Waals surface area contributed by atoms with Crippen LogP contribution in [0.15, 0.2) is 0 Å². The van der Waals surface area contributed by atoms with Gasteiger partial charge in [-0.25, -0.2) is 9.18 Å². The molecule has 0 aromatic heterocycles. The summed E-state index contributed by atoms with van der Waals surface area (Å²) in [5.41, 5.74) is -2.74. The predicted molar refractivity (Wildman–Crippen MR) is 132 cm³/mol. The number of hydrogen-bond donors (Lipinski definition) is 4. The summed E-state index contributed by atoms with van der Waals surface area (Å²) in [5.74, 6) is -4.51. The van der Waals surface area contributed by atoms with Crippen molar-refractivity contribution in [2.75, 3.05) is 6.61 Å². The van der Waals surface area contributed by atoms with E-state index in [1.54, 1.807) is 0 Å². The van der Waals surface area contributed by atoms with Gasteiger partial charge in [0.2, 0.25) is 0 Å². The molecule has 1 saturated heterocycles. The van der Waals surface area contributed by atoms with Gasteiger partial charge in [0.1, 0.15) is 31.0 Å². The number of Topliss-reactive ketones (excluding diaryl/α,β-unsaturated/α-hetero) is 2. The fraction of sp³-hybridized carbons (Fsp3) is 0.857. The third-order valence-corrected chi connectivity index (χ3v) is 10.7. The molecule has 4 N–H and O–H groups in total. The molecule has 4 aliphatic carbocycles. The number of ketones is 2. The summed E-state index contributed by atoms with van der Waals surface area (Å²) in [6, 6.07) is 0. The first kappa shape index (κ1) is 29.5. The van der Waals surface area contributed by atoms with Gasteiger partial charge in [-0.05, 0) is 62.2 Å². The first-order valence-corrected chi connectivity index (χ1v) is 14.2. The number of hydrogen-bond acceptors (Lipinski definition) is 10. The van der Waals surface area contributed by atoms with E-state index in [2.05, 4.69) is 0 Å². The van der Waals surface area contributed by atoms with E-state index in [1.807, 2.05) is 6.92 Å². The van der Waals surface area contributed by atoms with Crippen LogP contribution in [0.25, 0.3) is 0 Å². The largest absolute Gasteiger partial charge is 0.479 e. The van der Waals surface area contributed by atoms with Crippen LogP contribution in [0, 0.1) is 35.0 Å². The molecule has 1 unspecified atom stereocenters. The standard InChI is InChI=1S/C28H39FO11/c1-12(30)39-14-4-6-15-13(9-14)3-5-17-16-7-8-18(27(16,2)10-20(32)28(15,17)29)19(31)11-38-26-23(35)21(33)22(34)24(40-26)25(36)37/h13-18,21-24,26,33-35H,3-11H2,1-2H3,(H,36,37)/t13-,14-,15-,16-,17-,18+,21-,22-,23+,24-,26?,27-,28-/m0/s1. The molecule has 5 fully saturated rings. The third-order valence-electron chi connectivity index (χ3n) is 10.7. The molecule has 1 heterocycles. The molecule has 0 radical (unpaired) electrons. The first-order chi connectivity index (χ1) is 18.8. The summed E-state index contributed by atoms with van der Waals surface area (Å²) in [6.07, 6.45) is -5.50. The Morgan fingerprint density at radius 1 is 0.975 bits per heavy atom. The van der Waals surface area contributed by atoms with E-state index in [1.165, 1.54) is 6.92 Å². The number of esters is 1. The number of aliphatic hydroxyl groups excluding tert-OH is 3. The molecule has 13 atom stereocenters. The monoisotopic (exact) mass is 570 g/mol. The topological polar surface area (TPSA) is 177 Å². The molecule has 224 valence electrons. The van der Waals surface area contributed by atoms with Crippen LogP contribution in [0.2, 0.25) is 0 Å². The highest BCUT2D eigenvalue weighted by Crippen LogP contribution is 2.65. The maximum atomic E-state index is 17.0. The second-order valence-electron chi connectivity index (χ2n) is 12.7. The maximum absolute atomic E-state index is 17.0. The summed E-state index contributed by atoms with van der Waals surface area (Å²) < 4.78 is 32.9. The van der Waals surface area contributed by atoms with Crippen LogP contribution in [0.1, 0.15) is 65.2 Å². The van der Waals surface area contributed by atoms with Crippen LogP contribution in [0.4, 0.5) is 4.39 Å². The molecule has 0 bridgehead atoms. The van der Waals surface area contributed by atoms with Gasteiger partial charge < -0.3 is 34.6 Å².